The second-order valence-electron chi connectivity index (χ2n) is 1.98. The highest BCUT2D eigenvalue weighted by atomic mass is 16.5. The van der Waals surface area contributed by atoms with Gasteiger partial charge in [-0.05, 0) is 6.42 Å². The van der Waals surface area contributed by atoms with Crippen molar-refractivity contribution in [2.75, 3.05) is 7.05 Å². The van der Waals surface area contributed by atoms with Gasteiger partial charge >= 0.3 is 0 Å². The van der Waals surface area contributed by atoms with Gasteiger partial charge in [-0.25, -0.2) is 4.74 Å². The van der Waals surface area contributed by atoms with Crippen molar-refractivity contribution in [1.29, 1.82) is 0 Å². The van der Waals surface area contributed by atoms with Crippen molar-refractivity contribution in [2.24, 2.45) is 0 Å². The molecule has 8 heavy (non-hydrogen) atoms. The Bertz CT molecular complexity index is 92.7. The Balaban J connectivity index is 3.62. The standard InChI is InChI=1S/C6H13NO/c1-4-5-6(2)7(3)8/h4-5H2,1-3H3/b7-6+. The molecule has 0 aliphatic heterocycles. The van der Waals surface area contributed by atoms with Gasteiger partial charge in [-0.2, -0.15) is 0 Å². The molecule has 0 heterocycles. The van der Waals surface area contributed by atoms with E-state index in [1.54, 1.807) is 0 Å². The van der Waals surface area contributed by atoms with Gasteiger partial charge < -0.3 is 5.21 Å². The van der Waals surface area contributed by atoms with Gasteiger partial charge in [-0.3, -0.25) is 0 Å². The largest absolute Gasteiger partial charge is 0.624 e. The van der Waals surface area contributed by atoms with Crippen molar-refractivity contribution in [3.63, 3.8) is 0 Å². The van der Waals surface area contributed by atoms with E-state index in [0.29, 0.717) is 0 Å². The van der Waals surface area contributed by atoms with E-state index in [4.69, 9.17) is 0 Å². The third-order valence-electron chi connectivity index (χ3n) is 1.15. The number of hydrogen-bond acceptors (Lipinski definition) is 1. The van der Waals surface area contributed by atoms with Crippen LogP contribution in [0.2, 0.25) is 0 Å². The topological polar surface area (TPSA) is 26.1 Å². The molecule has 0 amide bonds. The van der Waals surface area contributed by atoms with Crippen LogP contribution in [-0.4, -0.2) is 17.5 Å². The Hall–Kier alpha value is -0.530. The molecule has 0 aromatic carbocycles. The Morgan fingerprint density at radius 3 is 2.25 bits per heavy atom. The third kappa shape index (κ3) is 2.61. The van der Waals surface area contributed by atoms with Gasteiger partial charge in [0.05, 0.1) is 0 Å². The number of hydroxylamine groups is 1. The third-order valence-corrected chi connectivity index (χ3v) is 1.15. The first-order valence-electron chi connectivity index (χ1n) is 2.91. The summed E-state index contributed by atoms with van der Waals surface area (Å²) in [5.74, 6) is 0. The van der Waals surface area contributed by atoms with Crippen LogP contribution in [0.4, 0.5) is 0 Å². The van der Waals surface area contributed by atoms with Crippen molar-refractivity contribution in [2.45, 2.75) is 26.7 Å². The summed E-state index contributed by atoms with van der Waals surface area (Å²) in [6.07, 6.45) is 1.97. The lowest BCUT2D eigenvalue weighted by Gasteiger charge is -1.99. The molecular weight excluding hydrogens is 102 g/mol. The maximum Gasteiger partial charge on any atom is 0.160 e. The molecular formula is C6H13NO. The Kier molecular flexibility index (Phi) is 3.24. The van der Waals surface area contributed by atoms with Crippen LogP contribution in [0.15, 0.2) is 0 Å². The highest BCUT2D eigenvalue weighted by molar-refractivity contribution is 5.76. The molecule has 0 aliphatic carbocycles. The fraction of sp³-hybridized carbons (Fsp3) is 0.833. The molecule has 0 saturated heterocycles. The van der Waals surface area contributed by atoms with E-state index in [1.165, 1.54) is 7.05 Å². The molecule has 48 valence electrons. The molecule has 2 nitrogen and oxygen atoms in total. The van der Waals surface area contributed by atoms with Crippen LogP contribution in [0.3, 0.4) is 0 Å². The summed E-state index contributed by atoms with van der Waals surface area (Å²) in [6.45, 7) is 3.92. The van der Waals surface area contributed by atoms with E-state index in [1.807, 2.05) is 6.92 Å². The average Bonchev–Trinajstić information content (AvgIpc) is 1.67. The van der Waals surface area contributed by atoms with Gasteiger partial charge in [0.15, 0.2) is 5.71 Å². The van der Waals surface area contributed by atoms with Crippen LogP contribution in [0.1, 0.15) is 26.7 Å². The summed E-state index contributed by atoms with van der Waals surface area (Å²) in [6, 6.07) is 0. The first kappa shape index (κ1) is 7.47. The monoisotopic (exact) mass is 115 g/mol. The summed E-state index contributed by atoms with van der Waals surface area (Å²) < 4.78 is 0.920. The van der Waals surface area contributed by atoms with Crippen LogP contribution in [-0.2, 0) is 0 Å². The first-order chi connectivity index (χ1) is 3.68. The molecule has 0 aromatic heterocycles. The predicted molar refractivity (Wildman–Crippen MR) is 35.1 cm³/mol. The molecule has 0 radical (unpaired) electrons. The minimum atomic E-state index is 0.910. The van der Waals surface area contributed by atoms with Gasteiger partial charge in [-0.1, -0.05) is 6.92 Å². The van der Waals surface area contributed by atoms with Crippen LogP contribution >= 0.6 is 0 Å². The molecule has 0 fully saturated rings. The summed E-state index contributed by atoms with van der Waals surface area (Å²) in [7, 11) is 1.53. The minimum Gasteiger partial charge on any atom is -0.624 e. The zero-order valence-corrected chi connectivity index (χ0v) is 5.77. The quantitative estimate of drug-likeness (QED) is 0.231. The average molecular weight is 115 g/mol. The fourth-order valence-electron chi connectivity index (χ4n) is 0.519. The molecule has 0 aliphatic rings. The second-order valence-corrected chi connectivity index (χ2v) is 1.98. The van der Waals surface area contributed by atoms with Gasteiger partial charge in [0.1, 0.15) is 7.05 Å². The van der Waals surface area contributed by atoms with Gasteiger partial charge in [-0.15, -0.1) is 0 Å². The Morgan fingerprint density at radius 2 is 2.12 bits per heavy atom. The zero-order chi connectivity index (χ0) is 6.57. The lowest BCUT2D eigenvalue weighted by Crippen LogP contribution is -2.06. The van der Waals surface area contributed by atoms with Crippen molar-refractivity contribution >= 4 is 5.71 Å². The maximum absolute atomic E-state index is 10.4. The van der Waals surface area contributed by atoms with E-state index < -0.39 is 0 Å². The predicted octanol–water partition coefficient (Wildman–Crippen LogP) is 1.39. The van der Waals surface area contributed by atoms with E-state index >= 15 is 0 Å². The second kappa shape index (κ2) is 3.47. The maximum atomic E-state index is 10.4. The smallest absolute Gasteiger partial charge is 0.160 e. The number of rotatable bonds is 2. The fourth-order valence-corrected chi connectivity index (χ4v) is 0.519. The summed E-state index contributed by atoms with van der Waals surface area (Å²) >= 11 is 0. The summed E-state index contributed by atoms with van der Waals surface area (Å²) in [5, 5.41) is 10.4. The normalized spacial score (nSPS) is 13.4. The Labute approximate surface area is 50.4 Å². The first-order valence-corrected chi connectivity index (χ1v) is 2.91. The minimum absolute atomic E-state index is 0.910. The zero-order valence-electron chi connectivity index (χ0n) is 5.77. The molecule has 0 N–H and O–H groups in total. The van der Waals surface area contributed by atoms with Gasteiger partial charge in [0, 0.05) is 13.3 Å². The van der Waals surface area contributed by atoms with Crippen LogP contribution < -0.4 is 0 Å². The lowest BCUT2D eigenvalue weighted by atomic mass is 10.2. The molecule has 2 heteroatoms. The van der Waals surface area contributed by atoms with Crippen LogP contribution in [0.25, 0.3) is 0 Å². The SMILES string of the molecule is CCC/C(C)=[N+](\C)[O-]. The summed E-state index contributed by atoms with van der Waals surface area (Å²) in [5.41, 5.74) is 0.910. The molecule has 0 spiro atoms. The van der Waals surface area contributed by atoms with Crippen molar-refractivity contribution in [3.05, 3.63) is 5.21 Å². The van der Waals surface area contributed by atoms with Gasteiger partial charge in [0.25, 0.3) is 0 Å². The summed E-state index contributed by atoms with van der Waals surface area (Å²) in [4.78, 5) is 0. The number of hydrogen-bond donors (Lipinski definition) is 0. The van der Waals surface area contributed by atoms with E-state index in [2.05, 4.69) is 6.92 Å². The van der Waals surface area contributed by atoms with Gasteiger partial charge in [0.2, 0.25) is 0 Å². The lowest BCUT2D eigenvalue weighted by molar-refractivity contribution is -0.424. The van der Waals surface area contributed by atoms with E-state index in [-0.39, 0.29) is 0 Å². The van der Waals surface area contributed by atoms with Crippen LogP contribution in [0, 0.1) is 5.21 Å². The highest BCUT2D eigenvalue weighted by Gasteiger charge is 1.93. The molecule has 0 rings (SSSR count). The molecule has 0 aromatic rings. The van der Waals surface area contributed by atoms with E-state index in [9.17, 15) is 5.21 Å². The number of nitrogens with zero attached hydrogens (tertiary/aromatic N) is 1. The highest BCUT2D eigenvalue weighted by Crippen LogP contribution is 1.88. The van der Waals surface area contributed by atoms with E-state index in [0.717, 1.165) is 23.3 Å². The molecule has 0 unspecified atom stereocenters. The molecule has 0 bridgehead atoms. The van der Waals surface area contributed by atoms with Crippen LogP contribution in [0.5, 0.6) is 0 Å². The van der Waals surface area contributed by atoms with Crippen molar-refractivity contribution in [1.82, 2.24) is 0 Å². The molecule has 0 atom stereocenters. The van der Waals surface area contributed by atoms with Crippen molar-refractivity contribution < 1.29 is 4.74 Å². The molecule has 0 saturated carbocycles. The Morgan fingerprint density at radius 1 is 1.62 bits per heavy atom. The van der Waals surface area contributed by atoms with Crippen molar-refractivity contribution in [3.8, 4) is 0 Å².